The van der Waals surface area contributed by atoms with Gasteiger partial charge in [-0.25, -0.2) is 4.39 Å². The molecule has 1 aliphatic heterocycles. The third-order valence-electron chi connectivity index (χ3n) is 3.92. The van der Waals surface area contributed by atoms with E-state index in [9.17, 15) is 9.18 Å². The van der Waals surface area contributed by atoms with Crippen LogP contribution in [0.2, 0.25) is 0 Å². The molecule has 4 nitrogen and oxygen atoms in total. The zero-order chi connectivity index (χ0) is 20.3. The molecule has 2 aromatic rings. The average molecular weight is 418 g/mol. The summed E-state index contributed by atoms with van der Waals surface area (Å²) in [6, 6.07) is 11.3. The van der Waals surface area contributed by atoms with Crippen molar-refractivity contribution in [2.75, 3.05) is 18.6 Å². The minimum absolute atomic E-state index is 0.278. The molecule has 1 heterocycles. The fraction of sp³-hybridized carbons (Fsp3) is 0.238. The van der Waals surface area contributed by atoms with E-state index in [1.54, 1.807) is 25.3 Å². The number of benzene rings is 2. The second-order valence-electron chi connectivity index (χ2n) is 6.61. The van der Waals surface area contributed by atoms with Crippen molar-refractivity contribution in [1.82, 2.24) is 0 Å². The number of carbonyl (C=O) groups excluding carboxylic acids is 1. The van der Waals surface area contributed by atoms with Gasteiger partial charge >= 0.3 is 0 Å². The van der Waals surface area contributed by atoms with Gasteiger partial charge in [0.15, 0.2) is 15.8 Å². The van der Waals surface area contributed by atoms with Crippen LogP contribution < -0.4 is 14.4 Å². The van der Waals surface area contributed by atoms with Crippen molar-refractivity contribution in [1.29, 1.82) is 0 Å². The standard InChI is InChI=1S/C21H20FNO3S2/c1-13(2)12-26-17-8-7-14(9-18(17)25-3)10-19-20(24)23(21(27)28-19)16-6-4-5-15(22)11-16/h4-11,13H,12H2,1-3H3/b19-10+. The molecule has 7 heteroatoms. The molecule has 0 saturated carbocycles. The minimum atomic E-state index is -0.419. The summed E-state index contributed by atoms with van der Waals surface area (Å²) in [4.78, 5) is 14.6. The number of amides is 1. The number of hydrogen-bond acceptors (Lipinski definition) is 5. The molecule has 0 aromatic heterocycles. The molecule has 0 atom stereocenters. The Labute approximate surface area is 173 Å². The lowest BCUT2D eigenvalue weighted by Crippen LogP contribution is -2.27. The predicted molar refractivity (Wildman–Crippen MR) is 115 cm³/mol. The second-order valence-corrected chi connectivity index (χ2v) is 8.29. The molecule has 1 saturated heterocycles. The van der Waals surface area contributed by atoms with Crippen molar-refractivity contribution in [3.63, 3.8) is 0 Å². The van der Waals surface area contributed by atoms with E-state index in [-0.39, 0.29) is 5.91 Å². The highest BCUT2D eigenvalue weighted by atomic mass is 32.2. The van der Waals surface area contributed by atoms with Gasteiger partial charge in [0.05, 0.1) is 24.3 Å². The average Bonchev–Trinajstić information content (AvgIpc) is 2.93. The maximum atomic E-state index is 13.5. The molecule has 28 heavy (non-hydrogen) atoms. The minimum Gasteiger partial charge on any atom is -0.493 e. The first-order valence-electron chi connectivity index (χ1n) is 8.73. The van der Waals surface area contributed by atoms with Crippen LogP contribution in [0.1, 0.15) is 19.4 Å². The number of nitrogens with zero attached hydrogens (tertiary/aromatic N) is 1. The van der Waals surface area contributed by atoms with E-state index in [4.69, 9.17) is 21.7 Å². The van der Waals surface area contributed by atoms with Gasteiger partial charge < -0.3 is 9.47 Å². The number of rotatable bonds is 6. The number of hydrogen-bond donors (Lipinski definition) is 0. The number of ether oxygens (including phenoxy) is 2. The van der Waals surface area contributed by atoms with E-state index in [0.29, 0.717) is 38.9 Å². The van der Waals surface area contributed by atoms with Crippen LogP contribution in [0, 0.1) is 11.7 Å². The van der Waals surface area contributed by atoms with Gasteiger partial charge in [-0.2, -0.15) is 0 Å². The fourth-order valence-electron chi connectivity index (χ4n) is 2.61. The molecule has 1 aliphatic rings. The Morgan fingerprint density at radius 2 is 2.00 bits per heavy atom. The first-order chi connectivity index (χ1) is 13.4. The van der Waals surface area contributed by atoms with Crippen molar-refractivity contribution in [2.45, 2.75) is 13.8 Å². The van der Waals surface area contributed by atoms with Crippen LogP contribution in [0.25, 0.3) is 6.08 Å². The van der Waals surface area contributed by atoms with Gasteiger partial charge in [0, 0.05) is 0 Å². The first kappa shape index (κ1) is 20.4. The summed E-state index contributed by atoms with van der Waals surface area (Å²) >= 11 is 6.51. The Bertz CT molecular complexity index is 943. The van der Waals surface area contributed by atoms with E-state index in [1.807, 2.05) is 18.2 Å². The molecule has 1 amide bonds. The third-order valence-corrected chi connectivity index (χ3v) is 5.22. The lowest BCUT2D eigenvalue weighted by Gasteiger charge is -2.14. The highest BCUT2D eigenvalue weighted by molar-refractivity contribution is 8.27. The Kier molecular flexibility index (Phi) is 6.36. The first-order valence-corrected chi connectivity index (χ1v) is 9.96. The molecule has 3 rings (SSSR count). The fourth-order valence-corrected chi connectivity index (χ4v) is 3.91. The van der Waals surface area contributed by atoms with Crippen LogP contribution >= 0.6 is 24.0 Å². The van der Waals surface area contributed by atoms with E-state index < -0.39 is 5.82 Å². The van der Waals surface area contributed by atoms with Crippen LogP contribution in [0.15, 0.2) is 47.4 Å². The zero-order valence-electron chi connectivity index (χ0n) is 15.8. The van der Waals surface area contributed by atoms with Crippen LogP contribution in [0.4, 0.5) is 10.1 Å². The topological polar surface area (TPSA) is 38.8 Å². The smallest absolute Gasteiger partial charge is 0.270 e. The normalized spacial score (nSPS) is 15.6. The molecule has 0 N–H and O–H groups in total. The predicted octanol–water partition coefficient (Wildman–Crippen LogP) is 5.27. The molecule has 1 fully saturated rings. The SMILES string of the molecule is COc1cc(/C=C2/SC(=S)N(c3cccc(F)c3)C2=O)ccc1OCC(C)C. The lowest BCUT2D eigenvalue weighted by atomic mass is 10.1. The van der Waals surface area contributed by atoms with Crippen LogP contribution in [-0.2, 0) is 4.79 Å². The number of thioether (sulfide) groups is 1. The summed E-state index contributed by atoms with van der Waals surface area (Å²) in [5.74, 6) is 0.946. The number of methoxy groups -OCH3 is 1. The molecule has 0 spiro atoms. The van der Waals surface area contributed by atoms with Gasteiger partial charge in [0.1, 0.15) is 5.82 Å². The van der Waals surface area contributed by atoms with Crippen LogP contribution in [0.5, 0.6) is 11.5 Å². The molecule has 146 valence electrons. The van der Waals surface area contributed by atoms with Crippen molar-refractivity contribution in [3.05, 3.63) is 58.8 Å². The summed E-state index contributed by atoms with van der Waals surface area (Å²) in [6.07, 6.45) is 1.74. The summed E-state index contributed by atoms with van der Waals surface area (Å²) in [7, 11) is 1.57. The van der Waals surface area contributed by atoms with E-state index in [0.717, 1.165) is 5.56 Å². The Morgan fingerprint density at radius 1 is 1.21 bits per heavy atom. The monoisotopic (exact) mass is 417 g/mol. The van der Waals surface area contributed by atoms with E-state index >= 15 is 0 Å². The third kappa shape index (κ3) is 4.54. The molecule has 2 aromatic carbocycles. The van der Waals surface area contributed by atoms with E-state index in [1.165, 1.54) is 28.8 Å². The van der Waals surface area contributed by atoms with Gasteiger partial charge in [0.25, 0.3) is 5.91 Å². The lowest BCUT2D eigenvalue weighted by molar-refractivity contribution is -0.113. The molecular weight excluding hydrogens is 397 g/mol. The Hall–Kier alpha value is -2.38. The highest BCUT2D eigenvalue weighted by Crippen LogP contribution is 2.37. The number of halogens is 1. The van der Waals surface area contributed by atoms with E-state index in [2.05, 4.69) is 13.8 Å². The zero-order valence-corrected chi connectivity index (χ0v) is 17.4. The maximum absolute atomic E-state index is 13.5. The van der Waals surface area contributed by atoms with Crippen molar-refractivity contribution in [3.8, 4) is 11.5 Å². The van der Waals surface area contributed by atoms with Crippen molar-refractivity contribution < 1.29 is 18.7 Å². The quantitative estimate of drug-likeness (QED) is 0.473. The van der Waals surface area contributed by atoms with Crippen LogP contribution in [0.3, 0.4) is 0 Å². The van der Waals surface area contributed by atoms with Gasteiger partial charge in [-0.3, -0.25) is 9.69 Å². The molecular formula is C21H20FNO3S2. The number of anilines is 1. The summed E-state index contributed by atoms with van der Waals surface area (Å²) < 4.78 is 25.1. The molecule has 0 bridgehead atoms. The molecule has 0 unspecified atom stereocenters. The summed E-state index contributed by atoms with van der Waals surface area (Å²) in [5.41, 5.74) is 1.20. The van der Waals surface area contributed by atoms with Crippen LogP contribution in [-0.4, -0.2) is 23.9 Å². The summed E-state index contributed by atoms with van der Waals surface area (Å²) in [6.45, 7) is 4.73. The Morgan fingerprint density at radius 3 is 2.68 bits per heavy atom. The van der Waals surface area contributed by atoms with Gasteiger partial charge in [-0.05, 0) is 47.9 Å². The number of carbonyl (C=O) groups is 1. The summed E-state index contributed by atoms with van der Waals surface area (Å²) in [5, 5.41) is 0. The van der Waals surface area contributed by atoms with Gasteiger partial charge in [-0.1, -0.05) is 50.0 Å². The molecule has 0 aliphatic carbocycles. The van der Waals surface area contributed by atoms with Gasteiger partial charge in [-0.15, -0.1) is 0 Å². The molecule has 0 radical (unpaired) electrons. The van der Waals surface area contributed by atoms with Crippen molar-refractivity contribution in [2.24, 2.45) is 5.92 Å². The number of thiocarbonyl (C=S) groups is 1. The highest BCUT2D eigenvalue weighted by Gasteiger charge is 2.33. The van der Waals surface area contributed by atoms with Crippen molar-refractivity contribution >= 4 is 46.0 Å². The Balaban J connectivity index is 1.85. The maximum Gasteiger partial charge on any atom is 0.270 e. The second kappa shape index (κ2) is 8.75. The largest absolute Gasteiger partial charge is 0.493 e. The van der Waals surface area contributed by atoms with Gasteiger partial charge in [0.2, 0.25) is 0 Å².